The van der Waals surface area contributed by atoms with Crippen molar-refractivity contribution in [2.45, 2.75) is 25.5 Å². The number of aromatic nitrogens is 1. The Morgan fingerprint density at radius 3 is 2.61 bits per heavy atom. The Hall–Kier alpha value is -1.32. The van der Waals surface area contributed by atoms with E-state index in [1.165, 1.54) is 30.2 Å². The Morgan fingerprint density at radius 2 is 2.00 bits per heavy atom. The molecule has 1 aliphatic heterocycles. The minimum atomic E-state index is 0.388. The summed E-state index contributed by atoms with van der Waals surface area (Å²) in [4.78, 5) is 5.26. The monoisotopic (exact) mass is 246 g/mol. The normalized spacial score (nSPS) is 19.6. The average Bonchev–Trinajstić information content (AvgIpc) is 2.89. The Morgan fingerprint density at radius 1 is 1.17 bits per heavy atom. The van der Waals surface area contributed by atoms with Gasteiger partial charge < -0.3 is 9.72 Å². The molecule has 0 amide bonds. The van der Waals surface area contributed by atoms with Gasteiger partial charge in [0.1, 0.15) is 6.23 Å². The van der Waals surface area contributed by atoms with Crippen molar-refractivity contribution in [3.05, 3.63) is 36.5 Å². The lowest BCUT2D eigenvalue weighted by Gasteiger charge is -2.27. The van der Waals surface area contributed by atoms with Crippen molar-refractivity contribution >= 4 is 10.9 Å². The van der Waals surface area contributed by atoms with E-state index in [-0.39, 0.29) is 0 Å². The van der Waals surface area contributed by atoms with Gasteiger partial charge in [0.15, 0.2) is 0 Å². The highest BCUT2D eigenvalue weighted by Gasteiger charge is 2.14. The predicted octanol–water partition coefficient (Wildman–Crippen LogP) is 3.24. The second kappa shape index (κ2) is 6.57. The zero-order valence-corrected chi connectivity index (χ0v) is 11.2. The van der Waals surface area contributed by atoms with Crippen LogP contribution in [0.1, 0.15) is 19.3 Å². The summed E-state index contributed by atoms with van der Waals surface area (Å²) < 4.78 is 5.47. The maximum absolute atomic E-state index is 5.47. The van der Waals surface area contributed by atoms with Gasteiger partial charge in [-0.1, -0.05) is 18.2 Å². The molecule has 3 heteroatoms. The zero-order valence-electron chi connectivity index (χ0n) is 11.2. The van der Waals surface area contributed by atoms with Crippen molar-refractivity contribution in [2.75, 3.05) is 20.7 Å². The third-order valence-corrected chi connectivity index (χ3v) is 3.19. The van der Waals surface area contributed by atoms with Crippen LogP contribution in [0.5, 0.6) is 0 Å². The number of rotatable bonds is 1. The summed E-state index contributed by atoms with van der Waals surface area (Å²) in [6.45, 7) is 0.947. The molecule has 18 heavy (non-hydrogen) atoms. The van der Waals surface area contributed by atoms with Crippen LogP contribution >= 0.6 is 0 Å². The first-order valence-electron chi connectivity index (χ1n) is 6.57. The minimum Gasteiger partial charge on any atom is -0.363 e. The molecule has 98 valence electrons. The maximum atomic E-state index is 5.47. The Bertz CT molecular complexity index is 428. The topological polar surface area (TPSA) is 28.3 Å². The van der Waals surface area contributed by atoms with Crippen molar-refractivity contribution in [1.29, 1.82) is 0 Å². The van der Waals surface area contributed by atoms with E-state index in [2.05, 4.69) is 42.2 Å². The Kier molecular flexibility index (Phi) is 4.79. The molecule has 1 aliphatic rings. The third-order valence-electron chi connectivity index (χ3n) is 3.19. The summed E-state index contributed by atoms with van der Waals surface area (Å²) in [7, 11) is 4.13. The SMILES string of the molecule is CN(C)C1CCCCO1.c1ccc2[nH]ccc2c1. The molecule has 0 aliphatic carbocycles. The van der Waals surface area contributed by atoms with Crippen molar-refractivity contribution in [3.8, 4) is 0 Å². The number of hydrogen-bond acceptors (Lipinski definition) is 2. The van der Waals surface area contributed by atoms with Crippen LogP contribution in [0.25, 0.3) is 10.9 Å². The maximum Gasteiger partial charge on any atom is 0.110 e. The molecule has 1 aromatic carbocycles. The average molecular weight is 246 g/mol. The van der Waals surface area contributed by atoms with Gasteiger partial charge in [-0.05, 0) is 50.9 Å². The predicted molar refractivity (Wildman–Crippen MR) is 75.6 cm³/mol. The van der Waals surface area contributed by atoms with E-state index in [0.717, 1.165) is 6.61 Å². The molecule has 1 fully saturated rings. The summed E-state index contributed by atoms with van der Waals surface area (Å²) >= 11 is 0. The number of aromatic amines is 1. The van der Waals surface area contributed by atoms with Crippen LogP contribution in [0.3, 0.4) is 0 Å². The van der Waals surface area contributed by atoms with Gasteiger partial charge in [0.05, 0.1) is 0 Å². The van der Waals surface area contributed by atoms with Crippen molar-refractivity contribution in [1.82, 2.24) is 9.88 Å². The Labute approximate surface area is 109 Å². The highest BCUT2D eigenvalue weighted by molar-refractivity contribution is 5.78. The number of para-hydroxylation sites is 1. The van der Waals surface area contributed by atoms with Gasteiger partial charge in [0.25, 0.3) is 0 Å². The molecule has 1 saturated heterocycles. The summed E-state index contributed by atoms with van der Waals surface area (Å²) in [6, 6.07) is 10.3. The fourth-order valence-corrected chi connectivity index (χ4v) is 2.13. The summed E-state index contributed by atoms with van der Waals surface area (Å²) in [5.41, 5.74) is 1.21. The number of benzene rings is 1. The second-order valence-corrected chi connectivity index (χ2v) is 4.85. The van der Waals surface area contributed by atoms with E-state index in [1.54, 1.807) is 0 Å². The highest BCUT2D eigenvalue weighted by Crippen LogP contribution is 2.13. The largest absolute Gasteiger partial charge is 0.363 e. The van der Waals surface area contributed by atoms with Crippen LogP contribution < -0.4 is 0 Å². The van der Waals surface area contributed by atoms with Gasteiger partial charge in [-0.15, -0.1) is 0 Å². The number of fused-ring (bicyclic) bond motifs is 1. The van der Waals surface area contributed by atoms with Crippen LogP contribution in [-0.4, -0.2) is 36.8 Å². The fraction of sp³-hybridized carbons (Fsp3) is 0.467. The number of ether oxygens (including phenoxy) is 1. The van der Waals surface area contributed by atoms with Crippen LogP contribution in [-0.2, 0) is 4.74 Å². The van der Waals surface area contributed by atoms with Gasteiger partial charge >= 0.3 is 0 Å². The standard InChI is InChI=1S/C8H7N.C7H15NO/c1-2-4-8-7(3-1)5-6-9-8;1-8(2)7-5-3-4-6-9-7/h1-6,9H;7H,3-6H2,1-2H3. The molecule has 0 bridgehead atoms. The van der Waals surface area contributed by atoms with Gasteiger partial charge in [0.2, 0.25) is 0 Å². The van der Waals surface area contributed by atoms with Crippen molar-refractivity contribution in [2.24, 2.45) is 0 Å². The molecule has 0 radical (unpaired) electrons. The summed E-state index contributed by atoms with van der Waals surface area (Å²) in [5.74, 6) is 0. The quantitative estimate of drug-likeness (QED) is 0.836. The second-order valence-electron chi connectivity index (χ2n) is 4.85. The first-order chi connectivity index (χ1) is 8.77. The summed E-state index contributed by atoms with van der Waals surface area (Å²) in [6.07, 6.45) is 6.10. The van der Waals surface area contributed by atoms with E-state index in [1.807, 2.05) is 18.3 Å². The molecule has 3 rings (SSSR count). The molecule has 1 aromatic heterocycles. The lowest BCUT2D eigenvalue weighted by Crippen LogP contribution is -2.33. The number of H-pyrrole nitrogens is 1. The molecule has 0 spiro atoms. The van der Waals surface area contributed by atoms with Crippen LogP contribution in [0.4, 0.5) is 0 Å². The molecule has 0 saturated carbocycles. The first-order valence-corrected chi connectivity index (χ1v) is 6.57. The van der Waals surface area contributed by atoms with Crippen LogP contribution in [0, 0.1) is 0 Å². The zero-order chi connectivity index (χ0) is 12.8. The first kappa shape index (κ1) is 13.1. The van der Waals surface area contributed by atoms with Crippen LogP contribution in [0.2, 0.25) is 0 Å². The number of hydrogen-bond donors (Lipinski definition) is 1. The molecule has 3 nitrogen and oxygen atoms in total. The van der Waals surface area contributed by atoms with E-state index in [4.69, 9.17) is 4.74 Å². The Balaban J connectivity index is 0.000000134. The highest BCUT2D eigenvalue weighted by atomic mass is 16.5. The molecule has 2 aromatic rings. The molecular weight excluding hydrogens is 224 g/mol. The van der Waals surface area contributed by atoms with Gasteiger partial charge in [-0.2, -0.15) is 0 Å². The fourth-order valence-electron chi connectivity index (χ4n) is 2.13. The smallest absolute Gasteiger partial charge is 0.110 e. The number of nitrogens with zero attached hydrogens (tertiary/aromatic N) is 1. The molecule has 2 heterocycles. The lowest BCUT2D eigenvalue weighted by atomic mass is 10.2. The lowest BCUT2D eigenvalue weighted by molar-refractivity contribution is -0.0645. The van der Waals surface area contributed by atoms with Crippen molar-refractivity contribution in [3.63, 3.8) is 0 Å². The van der Waals surface area contributed by atoms with E-state index >= 15 is 0 Å². The minimum absolute atomic E-state index is 0.388. The van der Waals surface area contributed by atoms with Gasteiger partial charge in [0, 0.05) is 18.3 Å². The van der Waals surface area contributed by atoms with Gasteiger partial charge in [-0.3, -0.25) is 4.90 Å². The van der Waals surface area contributed by atoms with E-state index in [0.29, 0.717) is 6.23 Å². The third kappa shape index (κ3) is 3.59. The van der Waals surface area contributed by atoms with E-state index < -0.39 is 0 Å². The molecule has 1 atom stereocenters. The molecule has 1 unspecified atom stereocenters. The van der Waals surface area contributed by atoms with Crippen LogP contribution in [0.15, 0.2) is 36.5 Å². The summed E-state index contributed by atoms with van der Waals surface area (Å²) in [5, 5.41) is 1.28. The molecule has 1 N–H and O–H groups in total. The van der Waals surface area contributed by atoms with Gasteiger partial charge in [-0.25, -0.2) is 0 Å². The van der Waals surface area contributed by atoms with E-state index in [9.17, 15) is 0 Å². The molecular formula is C15H22N2O. The van der Waals surface area contributed by atoms with Crippen molar-refractivity contribution < 1.29 is 4.74 Å². The number of nitrogens with one attached hydrogen (secondary N) is 1.